The second-order valence-electron chi connectivity index (χ2n) is 3.36. The van der Waals surface area contributed by atoms with Gasteiger partial charge in [-0.2, -0.15) is 0 Å². The van der Waals surface area contributed by atoms with E-state index in [4.69, 9.17) is 17.3 Å². The van der Waals surface area contributed by atoms with E-state index in [1.54, 1.807) is 0 Å². The molecule has 0 radical (unpaired) electrons. The largest absolute Gasteiger partial charge is 0.370 e. The van der Waals surface area contributed by atoms with Crippen molar-refractivity contribution in [3.05, 3.63) is 33.3 Å². The summed E-state index contributed by atoms with van der Waals surface area (Å²) in [5, 5.41) is 3.70. The molecule has 0 aromatic heterocycles. The van der Waals surface area contributed by atoms with Crippen molar-refractivity contribution >= 4 is 33.5 Å². The average Bonchev–Trinajstić information content (AvgIpc) is 2.25. The molecule has 3 N–H and O–H groups in total. The summed E-state index contributed by atoms with van der Waals surface area (Å²) in [4.78, 5) is 4.21. The van der Waals surface area contributed by atoms with Crippen LogP contribution in [0.3, 0.4) is 0 Å². The second-order valence-corrected chi connectivity index (χ2v) is 4.69. The van der Waals surface area contributed by atoms with Gasteiger partial charge in [0.15, 0.2) is 5.96 Å². The minimum absolute atomic E-state index is 0.459. The molecule has 0 amide bonds. The molecule has 0 bridgehead atoms. The van der Waals surface area contributed by atoms with Gasteiger partial charge in [0.2, 0.25) is 0 Å². The van der Waals surface area contributed by atoms with Gasteiger partial charge in [0.05, 0.1) is 6.54 Å². The summed E-state index contributed by atoms with van der Waals surface area (Å²) in [7, 11) is 0. The molecule has 1 rings (SSSR count). The van der Waals surface area contributed by atoms with Crippen molar-refractivity contribution in [3.63, 3.8) is 0 Å². The van der Waals surface area contributed by atoms with E-state index in [9.17, 15) is 0 Å². The van der Waals surface area contributed by atoms with Crippen molar-refractivity contribution in [1.82, 2.24) is 5.32 Å². The summed E-state index contributed by atoms with van der Waals surface area (Å²) in [6.07, 6.45) is 1.02. The highest BCUT2D eigenvalue weighted by molar-refractivity contribution is 9.10. The first-order valence-electron chi connectivity index (χ1n) is 5.11. The predicted octanol–water partition coefficient (Wildman–Crippen LogP) is 2.92. The molecule has 0 saturated heterocycles. The molecule has 0 atom stereocenters. The van der Waals surface area contributed by atoms with Crippen LogP contribution < -0.4 is 11.1 Å². The van der Waals surface area contributed by atoms with E-state index in [0.717, 1.165) is 23.0 Å². The van der Waals surface area contributed by atoms with Gasteiger partial charge in [0, 0.05) is 16.0 Å². The fourth-order valence-electron chi connectivity index (χ4n) is 1.13. The van der Waals surface area contributed by atoms with Crippen LogP contribution in [0.25, 0.3) is 0 Å². The Bertz CT molecular complexity index is 379. The summed E-state index contributed by atoms with van der Waals surface area (Å²) < 4.78 is 0.960. The molecule has 5 heteroatoms. The Morgan fingerprint density at radius 3 is 2.94 bits per heavy atom. The molecule has 88 valence electrons. The summed E-state index contributed by atoms with van der Waals surface area (Å²) >= 11 is 9.41. The maximum atomic E-state index is 6.06. The first kappa shape index (κ1) is 13.3. The van der Waals surface area contributed by atoms with Gasteiger partial charge in [0.1, 0.15) is 0 Å². The van der Waals surface area contributed by atoms with Crippen LogP contribution in [0.4, 0.5) is 0 Å². The molecule has 0 spiro atoms. The van der Waals surface area contributed by atoms with Crippen molar-refractivity contribution in [2.75, 3.05) is 6.54 Å². The lowest BCUT2D eigenvalue weighted by atomic mass is 10.2. The van der Waals surface area contributed by atoms with Crippen molar-refractivity contribution in [2.24, 2.45) is 10.7 Å². The number of nitrogens with two attached hydrogens (primary N) is 1. The summed E-state index contributed by atoms with van der Waals surface area (Å²) in [6, 6.07) is 5.72. The number of hydrogen-bond donors (Lipinski definition) is 2. The van der Waals surface area contributed by atoms with E-state index in [-0.39, 0.29) is 0 Å². The van der Waals surface area contributed by atoms with Gasteiger partial charge in [-0.05, 0) is 24.1 Å². The lowest BCUT2D eigenvalue weighted by Crippen LogP contribution is -2.32. The highest BCUT2D eigenvalue weighted by Crippen LogP contribution is 2.21. The minimum Gasteiger partial charge on any atom is -0.370 e. The zero-order valence-corrected chi connectivity index (χ0v) is 11.5. The van der Waals surface area contributed by atoms with Crippen LogP contribution in [0.1, 0.15) is 18.9 Å². The van der Waals surface area contributed by atoms with Crippen LogP contribution in [0, 0.1) is 0 Å². The van der Waals surface area contributed by atoms with Gasteiger partial charge in [-0.3, -0.25) is 0 Å². The quantitative estimate of drug-likeness (QED) is 0.664. The Balaban J connectivity index is 2.60. The molecular formula is C11H15BrClN3. The third kappa shape index (κ3) is 4.41. The Hall–Kier alpha value is -0.740. The Kier molecular flexibility index (Phi) is 5.63. The van der Waals surface area contributed by atoms with Crippen molar-refractivity contribution in [2.45, 2.75) is 19.9 Å². The number of hydrogen-bond acceptors (Lipinski definition) is 1. The molecular weight excluding hydrogens is 289 g/mol. The Morgan fingerprint density at radius 1 is 1.56 bits per heavy atom. The fraction of sp³-hybridized carbons (Fsp3) is 0.364. The van der Waals surface area contributed by atoms with Gasteiger partial charge in [-0.25, -0.2) is 4.99 Å². The molecule has 0 saturated carbocycles. The average molecular weight is 305 g/mol. The van der Waals surface area contributed by atoms with Gasteiger partial charge in [0.25, 0.3) is 0 Å². The third-order valence-electron chi connectivity index (χ3n) is 1.99. The predicted molar refractivity (Wildman–Crippen MR) is 72.8 cm³/mol. The molecule has 0 aliphatic carbocycles. The standard InChI is InChI=1S/C11H15BrClN3/c1-2-5-15-11(14)16-7-8-3-4-9(12)6-10(8)13/h3-4,6H,2,5,7H2,1H3,(H3,14,15,16). The molecule has 0 heterocycles. The SMILES string of the molecule is CCCNC(N)=NCc1ccc(Br)cc1Cl. The van der Waals surface area contributed by atoms with Gasteiger partial charge in [-0.1, -0.05) is 40.5 Å². The Labute approximate surface area is 109 Å². The lowest BCUT2D eigenvalue weighted by Gasteiger charge is -2.05. The Morgan fingerprint density at radius 2 is 2.31 bits per heavy atom. The first-order valence-corrected chi connectivity index (χ1v) is 6.28. The minimum atomic E-state index is 0.459. The van der Waals surface area contributed by atoms with Crippen molar-refractivity contribution in [1.29, 1.82) is 0 Å². The number of aliphatic imine (C=N–C) groups is 1. The van der Waals surface area contributed by atoms with E-state index in [2.05, 4.69) is 33.2 Å². The second kappa shape index (κ2) is 6.76. The van der Waals surface area contributed by atoms with Gasteiger partial charge >= 0.3 is 0 Å². The van der Waals surface area contributed by atoms with Crippen LogP contribution in [-0.4, -0.2) is 12.5 Å². The summed E-state index contributed by atoms with van der Waals surface area (Å²) in [5.41, 5.74) is 6.64. The summed E-state index contributed by atoms with van der Waals surface area (Å²) in [6.45, 7) is 3.41. The smallest absolute Gasteiger partial charge is 0.188 e. The van der Waals surface area contributed by atoms with E-state index in [1.165, 1.54) is 0 Å². The molecule has 0 unspecified atom stereocenters. The highest BCUT2D eigenvalue weighted by Gasteiger charge is 2.00. The van der Waals surface area contributed by atoms with Crippen LogP contribution in [0.5, 0.6) is 0 Å². The number of guanidine groups is 1. The number of nitrogens with zero attached hydrogens (tertiary/aromatic N) is 1. The molecule has 0 fully saturated rings. The molecule has 1 aromatic carbocycles. The molecule has 16 heavy (non-hydrogen) atoms. The molecule has 0 aliphatic rings. The number of nitrogens with one attached hydrogen (secondary N) is 1. The van der Waals surface area contributed by atoms with E-state index < -0.39 is 0 Å². The van der Waals surface area contributed by atoms with Crippen LogP contribution in [0.15, 0.2) is 27.7 Å². The van der Waals surface area contributed by atoms with Gasteiger partial charge in [-0.15, -0.1) is 0 Å². The van der Waals surface area contributed by atoms with E-state index >= 15 is 0 Å². The number of benzene rings is 1. The molecule has 1 aromatic rings. The zero-order valence-electron chi connectivity index (χ0n) is 9.13. The van der Waals surface area contributed by atoms with E-state index in [0.29, 0.717) is 17.5 Å². The first-order chi connectivity index (χ1) is 7.63. The van der Waals surface area contributed by atoms with Crippen LogP contribution in [0.2, 0.25) is 5.02 Å². The number of halogens is 2. The highest BCUT2D eigenvalue weighted by atomic mass is 79.9. The van der Waals surface area contributed by atoms with Crippen molar-refractivity contribution < 1.29 is 0 Å². The third-order valence-corrected chi connectivity index (χ3v) is 2.84. The topological polar surface area (TPSA) is 50.4 Å². The summed E-state index contributed by atoms with van der Waals surface area (Å²) in [5.74, 6) is 0.459. The lowest BCUT2D eigenvalue weighted by molar-refractivity contribution is 0.825. The molecule has 0 aliphatic heterocycles. The van der Waals surface area contributed by atoms with E-state index in [1.807, 2.05) is 18.2 Å². The monoisotopic (exact) mass is 303 g/mol. The van der Waals surface area contributed by atoms with Crippen LogP contribution >= 0.6 is 27.5 Å². The fourth-order valence-corrected chi connectivity index (χ4v) is 1.86. The number of rotatable bonds is 4. The van der Waals surface area contributed by atoms with Gasteiger partial charge < -0.3 is 11.1 Å². The zero-order chi connectivity index (χ0) is 12.0. The maximum Gasteiger partial charge on any atom is 0.188 e. The molecule has 3 nitrogen and oxygen atoms in total. The van der Waals surface area contributed by atoms with Crippen LogP contribution in [-0.2, 0) is 6.54 Å². The van der Waals surface area contributed by atoms with Crippen molar-refractivity contribution in [3.8, 4) is 0 Å². The normalized spacial score (nSPS) is 11.6. The maximum absolute atomic E-state index is 6.06.